The molecule has 1 saturated carbocycles. The highest BCUT2D eigenvalue weighted by Crippen LogP contribution is 2.49. The molecule has 12 heavy (non-hydrogen) atoms. The van der Waals surface area contributed by atoms with E-state index >= 15 is 0 Å². The van der Waals surface area contributed by atoms with Crippen LogP contribution in [0.2, 0.25) is 0 Å². The molecule has 0 saturated heterocycles. The smallest absolute Gasteiger partial charge is 0.0124 e. The van der Waals surface area contributed by atoms with E-state index in [4.69, 9.17) is 5.73 Å². The summed E-state index contributed by atoms with van der Waals surface area (Å²) >= 11 is 0. The van der Waals surface area contributed by atoms with Gasteiger partial charge in [-0.2, -0.15) is 0 Å². The molecule has 0 unspecified atom stereocenters. The summed E-state index contributed by atoms with van der Waals surface area (Å²) in [6.45, 7) is 9.25. The Labute approximate surface area is 76.7 Å². The van der Waals surface area contributed by atoms with Gasteiger partial charge in [0.15, 0.2) is 0 Å². The van der Waals surface area contributed by atoms with Crippen LogP contribution < -0.4 is 5.73 Å². The third-order valence-electron chi connectivity index (χ3n) is 4.30. The molecule has 0 aromatic carbocycles. The molecule has 1 rings (SSSR count). The highest BCUT2D eigenvalue weighted by atomic mass is 14.8. The quantitative estimate of drug-likeness (QED) is 0.676. The van der Waals surface area contributed by atoms with Crippen LogP contribution in [0.3, 0.4) is 0 Å². The second kappa shape index (κ2) is 3.37. The summed E-state index contributed by atoms with van der Waals surface area (Å²) in [5.74, 6) is 1.54. The molecule has 72 valence electrons. The molecule has 1 fully saturated rings. The lowest BCUT2D eigenvalue weighted by Gasteiger charge is -2.36. The van der Waals surface area contributed by atoms with Gasteiger partial charge in [-0.25, -0.2) is 0 Å². The Morgan fingerprint density at radius 1 is 1.25 bits per heavy atom. The zero-order chi connectivity index (χ0) is 9.35. The lowest BCUT2D eigenvalue weighted by atomic mass is 9.71. The van der Waals surface area contributed by atoms with Crippen molar-refractivity contribution in [2.45, 2.75) is 53.0 Å². The predicted molar refractivity (Wildman–Crippen MR) is 53.9 cm³/mol. The van der Waals surface area contributed by atoms with Gasteiger partial charge in [0.1, 0.15) is 0 Å². The van der Waals surface area contributed by atoms with E-state index in [-0.39, 0.29) is 0 Å². The minimum Gasteiger partial charge on any atom is -0.327 e. The van der Waals surface area contributed by atoms with Crippen molar-refractivity contribution < 1.29 is 0 Å². The van der Waals surface area contributed by atoms with Crippen molar-refractivity contribution in [2.75, 3.05) is 0 Å². The maximum Gasteiger partial charge on any atom is 0.0124 e. The Hall–Kier alpha value is -0.0400. The maximum atomic E-state index is 6.27. The molecule has 1 heteroatoms. The molecule has 0 radical (unpaired) electrons. The topological polar surface area (TPSA) is 26.0 Å². The van der Waals surface area contributed by atoms with Gasteiger partial charge >= 0.3 is 0 Å². The first-order chi connectivity index (χ1) is 5.58. The molecule has 0 aromatic heterocycles. The lowest BCUT2D eigenvalue weighted by molar-refractivity contribution is 0.165. The first-order valence-electron chi connectivity index (χ1n) is 5.34. The largest absolute Gasteiger partial charge is 0.327 e. The highest BCUT2D eigenvalue weighted by Gasteiger charge is 2.46. The first kappa shape index (κ1) is 10.0. The van der Waals surface area contributed by atoms with Crippen LogP contribution in [0.5, 0.6) is 0 Å². The minimum atomic E-state index is 0.433. The fraction of sp³-hybridized carbons (Fsp3) is 1.00. The summed E-state index contributed by atoms with van der Waals surface area (Å²) in [7, 11) is 0. The van der Waals surface area contributed by atoms with Crippen molar-refractivity contribution in [3.8, 4) is 0 Å². The van der Waals surface area contributed by atoms with Gasteiger partial charge in [-0.15, -0.1) is 0 Å². The summed E-state index contributed by atoms with van der Waals surface area (Å²) in [6, 6.07) is 0.433. The Kier molecular flexibility index (Phi) is 2.82. The average molecular weight is 169 g/mol. The van der Waals surface area contributed by atoms with E-state index in [1.165, 1.54) is 19.3 Å². The molecule has 0 heterocycles. The van der Waals surface area contributed by atoms with Crippen LogP contribution in [0.15, 0.2) is 0 Å². The summed E-state index contributed by atoms with van der Waals surface area (Å²) in [6.07, 6.45) is 3.81. The van der Waals surface area contributed by atoms with Gasteiger partial charge in [-0.1, -0.05) is 27.7 Å². The van der Waals surface area contributed by atoms with Crippen LogP contribution in [-0.4, -0.2) is 6.04 Å². The fourth-order valence-electron chi connectivity index (χ4n) is 3.25. The predicted octanol–water partition coefficient (Wildman–Crippen LogP) is 2.80. The standard InChI is InChI=1S/C11H23N/c1-5-11(6-2)9(4)7-8(3)10(11)12/h8-10H,5-7,12H2,1-4H3/t8-,9+,10-/m1/s1. The molecule has 2 N–H and O–H groups in total. The van der Waals surface area contributed by atoms with Gasteiger partial charge in [0, 0.05) is 6.04 Å². The van der Waals surface area contributed by atoms with Gasteiger partial charge < -0.3 is 5.73 Å². The Balaban J connectivity index is 2.85. The number of rotatable bonds is 2. The van der Waals surface area contributed by atoms with Crippen molar-refractivity contribution >= 4 is 0 Å². The van der Waals surface area contributed by atoms with Crippen LogP contribution in [0.25, 0.3) is 0 Å². The average Bonchev–Trinajstić information content (AvgIpc) is 2.26. The molecular formula is C11H23N. The maximum absolute atomic E-state index is 6.27. The van der Waals surface area contributed by atoms with E-state index in [0.29, 0.717) is 11.5 Å². The summed E-state index contributed by atoms with van der Waals surface area (Å²) < 4.78 is 0. The Morgan fingerprint density at radius 3 is 1.92 bits per heavy atom. The zero-order valence-corrected chi connectivity index (χ0v) is 8.93. The van der Waals surface area contributed by atoms with Crippen LogP contribution in [0, 0.1) is 17.3 Å². The van der Waals surface area contributed by atoms with Crippen LogP contribution in [-0.2, 0) is 0 Å². The molecule has 0 bridgehead atoms. The second-order valence-corrected chi connectivity index (χ2v) is 4.58. The summed E-state index contributed by atoms with van der Waals surface area (Å²) in [5.41, 5.74) is 6.71. The van der Waals surface area contributed by atoms with Gasteiger partial charge in [0.05, 0.1) is 0 Å². The van der Waals surface area contributed by atoms with Gasteiger partial charge in [-0.3, -0.25) is 0 Å². The highest BCUT2D eigenvalue weighted by molar-refractivity contribution is 5.00. The van der Waals surface area contributed by atoms with Gasteiger partial charge in [0.2, 0.25) is 0 Å². The number of nitrogens with two attached hydrogens (primary N) is 1. The van der Waals surface area contributed by atoms with E-state index in [1.54, 1.807) is 0 Å². The molecule has 1 nitrogen and oxygen atoms in total. The first-order valence-corrected chi connectivity index (χ1v) is 5.34. The zero-order valence-electron chi connectivity index (χ0n) is 8.93. The van der Waals surface area contributed by atoms with Gasteiger partial charge in [-0.05, 0) is 36.5 Å². The second-order valence-electron chi connectivity index (χ2n) is 4.58. The Bertz CT molecular complexity index is 149. The van der Waals surface area contributed by atoms with E-state index in [9.17, 15) is 0 Å². The summed E-state index contributed by atoms with van der Waals surface area (Å²) in [4.78, 5) is 0. The molecule has 0 amide bonds. The van der Waals surface area contributed by atoms with Crippen molar-refractivity contribution in [2.24, 2.45) is 23.0 Å². The molecule has 0 aliphatic heterocycles. The molecule has 0 spiro atoms. The van der Waals surface area contributed by atoms with Gasteiger partial charge in [0.25, 0.3) is 0 Å². The number of hydrogen-bond acceptors (Lipinski definition) is 1. The number of hydrogen-bond donors (Lipinski definition) is 1. The van der Waals surface area contributed by atoms with E-state index in [1.807, 2.05) is 0 Å². The molecule has 1 aliphatic rings. The van der Waals surface area contributed by atoms with E-state index in [2.05, 4.69) is 27.7 Å². The molecule has 1 aliphatic carbocycles. The van der Waals surface area contributed by atoms with E-state index in [0.717, 1.165) is 11.8 Å². The van der Waals surface area contributed by atoms with Crippen molar-refractivity contribution in [3.63, 3.8) is 0 Å². The van der Waals surface area contributed by atoms with Crippen LogP contribution in [0.4, 0.5) is 0 Å². The third kappa shape index (κ3) is 1.19. The van der Waals surface area contributed by atoms with Crippen LogP contribution >= 0.6 is 0 Å². The lowest BCUT2D eigenvalue weighted by Crippen LogP contribution is -2.41. The normalized spacial score (nSPS) is 40.2. The molecule has 3 atom stereocenters. The molecule has 0 aromatic rings. The summed E-state index contributed by atoms with van der Waals surface area (Å²) in [5, 5.41) is 0. The van der Waals surface area contributed by atoms with Crippen LogP contribution in [0.1, 0.15) is 47.0 Å². The monoisotopic (exact) mass is 169 g/mol. The fourth-order valence-corrected chi connectivity index (χ4v) is 3.25. The SMILES string of the molecule is CCC1(CC)[C@H](N)[C@H](C)C[C@@H]1C. The minimum absolute atomic E-state index is 0.433. The Morgan fingerprint density at radius 2 is 1.75 bits per heavy atom. The van der Waals surface area contributed by atoms with Crippen molar-refractivity contribution in [1.82, 2.24) is 0 Å². The molecular weight excluding hydrogens is 146 g/mol. The van der Waals surface area contributed by atoms with Crippen molar-refractivity contribution in [3.05, 3.63) is 0 Å². The van der Waals surface area contributed by atoms with Crippen molar-refractivity contribution in [1.29, 1.82) is 0 Å². The third-order valence-corrected chi connectivity index (χ3v) is 4.30. The van der Waals surface area contributed by atoms with E-state index < -0.39 is 0 Å².